The fourth-order valence-corrected chi connectivity index (χ4v) is 4.72. The van der Waals surface area contributed by atoms with E-state index in [9.17, 15) is 9.59 Å². The second-order valence-corrected chi connectivity index (χ2v) is 10.0. The minimum absolute atomic E-state index is 0.147. The molecule has 0 bridgehead atoms. The zero-order chi connectivity index (χ0) is 27.1. The summed E-state index contributed by atoms with van der Waals surface area (Å²) in [6.45, 7) is 0.610. The molecule has 0 aliphatic rings. The van der Waals surface area contributed by atoms with Crippen molar-refractivity contribution in [1.82, 2.24) is 5.32 Å². The van der Waals surface area contributed by atoms with Crippen molar-refractivity contribution in [2.75, 3.05) is 13.7 Å². The average Bonchev–Trinajstić information content (AvgIpc) is 2.92. The highest BCUT2D eigenvalue weighted by Gasteiger charge is 2.17. The highest BCUT2D eigenvalue weighted by atomic mass is 35.5. The van der Waals surface area contributed by atoms with E-state index in [2.05, 4.69) is 23.5 Å². The molecule has 0 spiro atoms. The number of aryl methyl sites for hydroxylation is 1. The Morgan fingerprint density at radius 1 is 0.842 bits per heavy atom. The van der Waals surface area contributed by atoms with Crippen molar-refractivity contribution in [1.29, 1.82) is 0 Å². The number of carbonyl (C=O) groups is 2. The molecule has 2 N–H and O–H groups in total. The van der Waals surface area contributed by atoms with Gasteiger partial charge >= 0.3 is 5.97 Å². The maximum atomic E-state index is 13.1. The molecule has 0 fully saturated rings. The van der Waals surface area contributed by atoms with Crippen LogP contribution < -0.4 is 10.1 Å². The molecule has 196 valence electrons. The van der Waals surface area contributed by atoms with Crippen molar-refractivity contribution >= 4 is 45.7 Å². The van der Waals surface area contributed by atoms with E-state index in [0.717, 1.165) is 33.2 Å². The molecule has 0 saturated carbocycles. The van der Waals surface area contributed by atoms with E-state index in [4.69, 9.17) is 33.0 Å². The number of carbonyl (C=O) groups excluding carboxylic acids is 1. The highest BCUT2D eigenvalue weighted by Crippen LogP contribution is 2.28. The number of rotatable bonds is 12. The third-order valence-corrected chi connectivity index (χ3v) is 7.33. The monoisotopic (exact) mass is 549 g/mol. The van der Waals surface area contributed by atoms with Gasteiger partial charge in [0.2, 0.25) is 0 Å². The van der Waals surface area contributed by atoms with Crippen LogP contribution in [0.3, 0.4) is 0 Å². The number of nitrogens with one attached hydrogen (secondary N) is 1. The lowest BCUT2D eigenvalue weighted by Crippen LogP contribution is -2.26. The molecule has 0 amide bonds. The van der Waals surface area contributed by atoms with Crippen LogP contribution in [0, 0.1) is 0 Å². The molecule has 1 unspecified atom stereocenters. The molecular weight excluding hydrogens is 521 g/mol. The van der Waals surface area contributed by atoms with E-state index >= 15 is 0 Å². The minimum Gasteiger partial charge on any atom is -0.497 e. The van der Waals surface area contributed by atoms with Crippen LogP contribution in [0.15, 0.2) is 78.9 Å². The van der Waals surface area contributed by atoms with Gasteiger partial charge < -0.3 is 15.2 Å². The van der Waals surface area contributed by atoms with Crippen molar-refractivity contribution in [2.24, 2.45) is 0 Å². The summed E-state index contributed by atoms with van der Waals surface area (Å²) >= 11 is 12.4. The molecule has 4 aromatic rings. The Hall–Kier alpha value is -3.38. The standard InChI is InChI=1S/C31H29Cl2NO4/c1-38-27-12-9-23-16-21(4-8-24(23)17-27)5-11-26(35)19-30(25-10-13-28(32)29(33)18-25)34-15-14-20-2-6-22(7-3-20)31(36)37/h2-4,6-10,12-13,16-18,30,34H,5,11,14-15,19H2,1H3,(H,36,37). The molecule has 0 radical (unpaired) electrons. The zero-order valence-corrected chi connectivity index (χ0v) is 22.6. The normalized spacial score (nSPS) is 11.9. The van der Waals surface area contributed by atoms with E-state index in [1.54, 1.807) is 31.4 Å². The maximum absolute atomic E-state index is 13.1. The fourth-order valence-electron chi connectivity index (χ4n) is 4.41. The van der Waals surface area contributed by atoms with Gasteiger partial charge in [0.15, 0.2) is 0 Å². The molecule has 38 heavy (non-hydrogen) atoms. The largest absolute Gasteiger partial charge is 0.497 e. The first-order valence-corrected chi connectivity index (χ1v) is 13.2. The predicted molar refractivity (Wildman–Crippen MR) is 153 cm³/mol. The Balaban J connectivity index is 1.39. The summed E-state index contributed by atoms with van der Waals surface area (Å²) in [5, 5.41) is 15.7. The predicted octanol–water partition coefficient (Wildman–Crippen LogP) is 7.32. The van der Waals surface area contributed by atoms with Crippen LogP contribution in [0.5, 0.6) is 5.75 Å². The molecule has 5 nitrogen and oxygen atoms in total. The van der Waals surface area contributed by atoms with Crippen molar-refractivity contribution in [3.63, 3.8) is 0 Å². The van der Waals surface area contributed by atoms with Gasteiger partial charge in [0.1, 0.15) is 11.5 Å². The van der Waals surface area contributed by atoms with E-state index in [-0.39, 0.29) is 17.4 Å². The van der Waals surface area contributed by atoms with Crippen LogP contribution in [-0.2, 0) is 17.6 Å². The number of hydrogen-bond acceptors (Lipinski definition) is 4. The van der Waals surface area contributed by atoms with E-state index in [0.29, 0.717) is 42.3 Å². The van der Waals surface area contributed by atoms with Crippen LogP contribution in [0.2, 0.25) is 10.0 Å². The van der Waals surface area contributed by atoms with Crippen LogP contribution in [0.4, 0.5) is 0 Å². The SMILES string of the molecule is COc1ccc2cc(CCC(=O)CC(NCCc3ccc(C(=O)O)cc3)c3ccc(Cl)c(Cl)c3)ccc2c1. The zero-order valence-electron chi connectivity index (χ0n) is 21.0. The average molecular weight is 550 g/mol. The van der Waals surface area contributed by atoms with Crippen LogP contribution in [0.1, 0.15) is 45.9 Å². The number of hydrogen-bond donors (Lipinski definition) is 2. The van der Waals surface area contributed by atoms with Gasteiger partial charge in [-0.2, -0.15) is 0 Å². The summed E-state index contributed by atoms with van der Waals surface area (Å²) in [5.74, 6) is 0.0181. The van der Waals surface area contributed by atoms with Gasteiger partial charge in [0.05, 0.1) is 22.7 Å². The number of fused-ring (bicyclic) bond motifs is 1. The summed E-state index contributed by atoms with van der Waals surface area (Å²) in [4.78, 5) is 24.1. The molecule has 0 saturated heterocycles. The number of halogens is 2. The minimum atomic E-state index is -0.947. The van der Waals surface area contributed by atoms with Gasteiger partial charge in [-0.3, -0.25) is 4.79 Å². The quantitative estimate of drug-likeness (QED) is 0.193. The van der Waals surface area contributed by atoms with Gasteiger partial charge in [-0.25, -0.2) is 4.79 Å². The first-order chi connectivity index (χ1) is 18.3. The lowest BCUT2D eigenvalue weighted by atomic mass is 9.97. The van der Waals surface area contributed by atoms with Crippen LogP contribution in [0.25, 0.3) is 10.8 Å². The van der Waals surface area contributed by atoms with Gasteiger partial charge in [0, 0.05) is 18.9 Å². The Morgan fingerprint density at radius 2 is 1.55 bits per heavy atom. The number of carboxylic acid groups (broad SMARTS) is 1. The van der Waals surface area contributed by atoms with E-state index in [1.165, 1.54) is 0 Å². The van der Waals surface area contributed by atoms with Crippen molar-refractivity contribution < 1.29 is 19.4 Å². The smallest absolute Gasteiger partial charge is 0.335 e. The molecule has 4 aromatic carbocycles. The molecule has 0 aromatic heterocycles. The lowest BCUT2D eigenvalue weighted by Gasteiger charge is -2.19. The highest BCUT2D eigenvalue weighted by molar-refractivity contribution is 6.42. The topological polar surface area (TPSA) is 75.6 Å². The maximum Gasteiger partial charge on any atom is 0.335 e. The number of aromatic carboxylic acids is 1. The van der Waals surface area contributed by atoms with Gasteiger partial charge in [0.25, 0.3) is 0 Å². The van der Waals surface area contributed by atoms with Crippen LogP contribution in [-0.4, -0.2) is 30.5 Å². The Labute approximate surface area is 232 Å². The molecular formula is C31H29Cl2NO4. The number of ketones is 1. The number of methoxy groups -OCH3 is 1. The second-order valence-electron chi connectivity index (χ2n) is 9.22. The molecule has 0 aliphatic heterocycles. The molecule has 0 heterocycles. The Morgan fingerprint density at radius 3 is 2.26 bits per heavy atom. The summed E-state index contributed by atoms with van der Waals surface area (Å²) in [6.07, 6.45) is 2.09. The number of Topliss-reactive ketones (excluding diaryl/α,β-unsaturated/α-hetero) is 1. The van der Waals surface area contributed by atoms with E-state index < -0.39 is 5.97 Å². The Kier molecular flexibility index (Phi) is 9.40. The van der Waals surface area contributed by atoms with Crippen molar-refractivity contribution in [3.8, 4) is 5.75 Å². The van der Waals surface area contributed by atoms with Crippen LogP contribution >= 0.6 is 23.2 Å². The first-order valence-electron chi connectivity index (χ1n) is 12.4. The van der Waals surface area contributed by atoms with Gasteiger partial charge in [-0.1, -0.05) is 65.7 Å². The summed E-state index contributed by atoms with van der Waals surface area (Å²) < 4.78 is 5.30. The summed E-state index contributed by atoms with van der Waals surface area (Å²) in [7, 11) is 1.65. The van der Waals surface area contributed by atoms with Crippen molar-refractivity contribution in [2.45, 2.75) is 31.7 Å². The van der Waals surface area contributed by atoms with Gasteiger partial charge in [-0.05, 0) is 83.2 Å². The summed E-state index contributed by atoms with van der Waals surface area (Å²) in [5.41, 5.74) is 3.27. The first kappa shape index (κ1) is 27.6. The fraction of sp³-hybridized carbons (Fsp3) is 0.226. The van der Waals surface area contributed by atoms with Gasteiger partial charge in [-0.15, -0.1) is 0 Å². The molecule has 7 heteroatoms. The van der Waals surface area contributed by atoms with Crippen molar-refractivity contribution in [3.05, 3.63) is 111 Å². The molecule has 1 atom stereocenters. The summed E-state index contributed by atoms with van der Waals surface area (Å²) in [6, 6.07) is 24.2. The van der Waals surface area contributed by atoms with E-state index in [1.807, 2.05) is 36.4 Å². The molecule has 4 rings (SSSR count). The number of carboxylic acids is 1. The third-order valence-electron chi connectivity index (χ3n) is 6.59. The third kappa shape index (κ3) is 7.35. The second kappa shape index (κ2) is 12.9. The Bertz CT molecular complexity index is 1440. The number of benzene rings is 4. The lowest BCUT2D eigenvalue weighted by molar-refractivity contribution is -0.119. The number of ether oxygens (including phenoxy) is 1. The molecule has 0 aliphatic carbocycles.